The van der Waals surface area contributed by atoms with Gasteiger partial charge in [0.05, 0.1) is 12.0 Å². The van der Waals surface area contributed by atoms with Gasteiger partial charge in [0.1, 0.15) is 17.5 Å². The third-order valence-corrected chi connectivity index (χ3v) is 1.67. The van der Waals surface area contributed by atoms with E-state index in [2.05, 4.69) is 0 Å². The molecule has 1 rings (SSSR count). The van der Waals surface area contributed by atoms with Gasteiger partial charge in [0.2, 0.25) is 0 Å². The van der Waals surface area contributed by atoms with Crippen molar-refractivity contribution in [3.63, 3.8) is 0 Å². The molecule has 0 aliphatic heterocycles. The van der Waals surface area contributed by atoms with Gasteiger partial charge in [-0.1, -0.05) is 0 Å². The van der Waals surface area contributed by atoms with Gasteiger partial charge in [-0.05, 0) is 6.92 Å². The highest BCUT2D eigenvalue weighted by Crippen LogP contribution is 2.22. The third kappa shape index (κ3) is 1.81. The molecule has 1 nitrogen and oxygen atoms in total. The average molecular weight is 185 g/mol. The van der Waals surface area contributed by atoms with E-state index in [-0.39, 0.29) is 5.56 Å². The Balaban J connectivity index is 3.30. The predicted octanol–water partition coefficient (Wildman–Crippen LogP) is 2.73. The monoisotopic (exact) mass is 185 g/mol. The number of hydrogen-bond donors (Lipinski definition) is 0. The summed E-state index contributed by atoms with van der Waals surface area (Å²) in [6.07, 6.45) is 0. The molecule has 1 aromatic carbocycles. The zero-order chi connectivity index (χ0) is 10.0. The Morgan fingerprint density at radius 1 is 1.23 bits per heavy atom. The Labute approximate surface area is 73.4 Å². The summed E-state index contributed by atoms with van der Waals surface area (Å²) in [5.74, 6) is -3.94. The smallest absolute Gasteiger partial charge is 0.133 e. The zero-order valence-corrected chi connectivity index (χ0v) is 6.81. The molecule has 0 saturated carbocycles. The highest BCUT2D eigenvalue weighted by molar-refractivity contribution is 5.27. The van der Waals surface area contributed by atoms with Gasteiger partial charge in [0, 0.05) is 17.7 Å². The third-order valence-electron chi connectivity index (χ3n) is 1.67. The molecule has 0 aliphatic rings. The van der Waals surface area contributed by atoms with Gasteiger partial charge in [-0.15, -0.1) is 0 Å². The van der Waals surface area contributed by atoms with E-state index >= 15 is 0 Å². The van der Waals surface area contributed by atoms with E-state index in [1.165, 1.54) is 6.92 Å². The van der Waals surface area contributed by atoms with Gasteiger partial charge in [0.15, 0.2) is 0 Å². The zero-order valence-electron chi connectivity index (χ0n) is 6.81. The topological polar surface area (TPSA) is 23.8 Å². The molecule has 1 atom stereocenters. The molecular formula is C9H6F3N. The summed E-state index contributed by atoms with van der Waals surface area (Å²) in [4.78, 5) is 0. The molecule has 0 N–H and O–H groups in total. The molecule has 0 amide bonds. The normalized spacial score (nSPS) is 12.2. The van der Waals surface area contributed by atoms with Crippen LogP contribution in [0.3, 0.4) is 0 Å². The minimum absolute atomic E-state index is 0.385. The molecule has 1 aromatic rings. The molecule has 0 fully saturated rings. The largest absolute Gasteiger partial charge is 0.207 e. The van der Waals surface area contributed by atoms with Crippen LogP contribution in [-0.4, -0.2) is 0 Å². The van der Waals surface area contributed by atoms with E-state index in [4.69, 9.17) is 5.26 Å². The molecule has 0 aromatic heterocycles. The molecule has 0 bridgehead atoms. The fourth-order valence-electron chi connectivity index (χ4n) is 1.03. The Morgan fingerprint density at radius 2 is 1.69 bits per heavy atom. The summed E-state index contributed by atoms with van der Waals surface area (Å²) >= 11 is 0. The van der Waals surface area contributed by atoms with Crippen molar-refractivity contribution in [3.8, 4) is 6.07 Å². The first kappa shape index (κ1) is 9.59. The van der Waals surface area contributed by atoms with Crippen LogP contribution in [0.5, 0.6) is 0 Å². The van der Waals surface area contributed by atoms with E-state index < -0.39 is 23.4 Å². The van der Waals surface area contributed by atoms with Gasteiger partial charge < -0.3 is 0 Å². The fourth-order valence-corrected chi connectivity index (χ4v) is 1.03. The summed E-state index contributed by atoms with van der Waals surface area (Å²) in [5, 5.41) is 8.43. The Morgan fingerprint density at radius 3 is 2.08 bits per heavy atom. The van der Waals surface area contributed by atoms with Crippen LogP contribution in [0.15, 0.2) is 12.1 Å². The van der Waals surface area contributed by atoms with Gasteiger partial charge in [0.25, 0.3) is 0 Å². The first-order chi connectivity index (χ1) is 6.06. The van der Waals surface area contributed by atoms with Crippen LogP contribution < -0.4 is 0 Å². The molecule has 13 heavy (non-hydrogen) atoms. The number of nitrogens with zero attached hydrogens (tertiary/aromatic N) is 1. The van der Waals surface area contributed by atoms with E-state index in [0.29, 0.717) is 12.1 Å². The summed E-state index contributed by atoms with van der Waals surface area (Å²) in [6, 6.07) is 2.80. The minimum atomic E-state index is -1.02. The van der Waals surface area contributed by atoms with Gasteiger partial charge in [-0.25, -0.2) is 13.2 Å². The van der Waals surface area contributed by atoms with E-state index in [9.17, 15) is 13.2 Å². The quantitative estimate of drug-likeness (QED) is 0.659. The Hall–Kier alpha value is -1.50. The summed E-state index contributed by atoms with van der Waals surface area (Å²) < 4.78 is 38.2. The lowest BCUT2D eigenvalue weighted by Crippen LogP contribution is -2.00. The van der Waals surface area contributed by atoms with Crippen LogP contribution in [0.2, 0.25) is 0 Å². The van der Waals surface area contributed by atoms with E-state index in [1.54, 1.807) is 6.07 Å². The first-order valence-electron chi connectivity index (χ1n) is 3.60. The van der Waals surface area contributed by atoms with Crippen LogP contribution in [0.25, 0.3) is 0 Å². The van der Waals surface area contributed by atoms with Crippen molar-refractivity contribution < 1.29 is 13.2 Å². The Bertz CT molecular complexity index is 345. The number of benzene rings is 1. The molecule has 0 radical (unpaired) electrons. The standard InChI is InChI=1S/C9H6F3N/c1-5(4-13)9-7(11)2-6(10)3-8(9)12/h2-3,5H,1H3. The van der Waals surface area contributed by atoms with E-state index in [1.807, 2.05) is 0 Å². The molecular weight excluding hydrogens is 179 g/mol. The minimum Gasteiger partial charge on any atom is -0.207 e. The van der Waals surface area contributed by atoms with Crippen molar-refractivity contribution in [2.45, 2.75) is 12.8 Å². The average Bonchev–Trinajstić information content (AvgIpc) is 2.02. The molecule has 68 valence electrons. The van der Waals surface area contributed by atoms with Gasteiger partial charge in [-0.3, -0.25) is 0 Å². The molecule has 0 aliphatic carbocycles. The lowest BCUT2D eigenvalue weighted by Gasteiger charge is -2.05. The van der Waals surface area contributed by atoms with E-state index in [0.717, 1.165) is 0 Å². The highest BCUT2D eigenvalue weighted by Gasteiger charge is 2.16. The second-order valence-electron chi connectivity index (χ2n) is 2.63. The number of rotatable bonds is 1. The SMILES string of the molecule is CC(C#N)c1c(F)cc(F)cc1F. The van der Waals surface area contributed by atoms with Gasteiger partial charge >= 0.3 is 0 Å². The van der Waals surface area contributed by atoms with Crippen LogP contribution >= 0.6 is 0 Å². The maximum atomic E-state index is 12.9. The molecule has 0 heterocycles. The number of nitriles is 1. The number of hydrogen-bond acceptors (Lipinski definition) is 1. The molecule has 1 unspecified atom stereocenters. The second kappa shape index (κ2) is 3.48. The summed E-state index contributed by atoms with van der Waals surface area (Å²) in [7, 11) is 0. The molecule has 0 spiro atoms. The summed E-state index contributed by atoms with van der Waals surface area (Å²) in [6.45, 7) is 1.35. The molecule has 4 heteroatoms. The maximum Gasteiger partial charge on any atom is 0.133 e. The van der Waals surface area contributed by atoms with Crippen molar-refractivity contribution in [1.29, 1.82) is 5.26 Å². The van der Waals surface area contributed by atoms with Crippen molar-refractivity contribution in [2.24, 2.45) is 0 Å². The maximum absolute atomic E-state index is 12.9. The van der Waals surface area contributed by atoms with Crippen molar-refractivity contribution >= 4 is 0 Å². The Kier molecular flexibility index (Phi) is 2.57. The predicted molar refractivity (Wildman–Crippen MR) is 40.3 cm³/mol. The lowest BCUT2D eigenvalue weighted by molar-refractivity contribution is 0.520. The number of halogens is 3. The van der Waals surface area contributed by atoms with Crippen molar-refractivity contribution in [2.75, 3.05) is 0 Å². The van der Waals surface area contributed by atoms with Crippen LogP contribution in [0, 0.1) is 28.8 Å². The van der Waals surface area contributed by atoms with Crippen molar-refractivity contribution in [1.82, 2.24) is 0 Å². The van der Waals surface area contributed by atoms with Crippen molar-refractivity contribution in [3.05, 3.63) is 35.1 Å². The lowest BCUT2D eigenvalue weighted by atomic mass is 10.0. The van der Waals surface area contributed by atoms with Crippen LogP contribution in [-0.2, 0) is 0 Å². The van der Waals surface area contributed by atoms with Gasteiger partial charge in [-0.2, -0.15) is 5.26 Å². The first-order valence-corrected chi connectivity index (χ1v) is 3.60. The highest BCUT2D eigenvalue weighted by atomic mass is 19.1. The second-order valence-corrected chi connectivity index (χ2v) is 2.63. The van der Waals surface area contributed by atoms with Crippen LogP contribution in [0.4, 0.5) is 13.2 Å². The summed E-state index contributed by atoms with van der Waals surface area (Å²) in [5.41, 5.74) is -0.385. The molecule has 0 saturated heterocycles. The fraction of sp³-hybridized carbons (Fsp3) is 0.222. The van der Waals surface area contributed by atoms with Crippen LogP contribution in [0.1, 0.15) is 18.4 Å².